The van der Waals surface area contributed by atoms with Crippen molar-refractivity contribution in [2.24, 2.45) is 0 Å². The number of benzene rings is 1. The molecule has 2 atom stereocenters. The van der Waals surface area contributed by atoms with E-state index in [0.717, 1.165) is 21.9 Å². The van der Waals surface area contributed by atoms with Crippen LogP contribution < -0.4 is 0 Å². The number of carboxylic acids is 1. The second kappa shape index (κ2) is 7.08. The van der Waals surface area contributed by atoms with Crippen LogP contribution in [0.2, 0.25) is 0 Å². The lowest BCUT2D eigenvalue weighted by molar-refractivity contribution is -0.145. The maximum absolute atomic E-state index is 13.0. The molecule has 0 bridgehead atoms. The zero-order chi connectivity index (χ0) is 19.6. The number of carboxylic acid groups (broad SMARTS) is 1. The van der Waals surface area contributed by atoms with Crippen LogP contribution >= 0.6 is 0 Å². The van der Waals surface area contributed by atoms with Crippen molar-refractivity contribution >= 4 is 18.0 Å². The number of rotatable bonds is 2. The highest BCUT2D eigenvalue weighted by atomic mass is 19.1. The normalized spacial score (nSPS) is 21.5. The van der Waals surface area contributed by atoms with Crippen LogP contribution in [0, 0.1) is 5.82 Å². The summed E-state index contributed by atoms with van der Waals surface area (Å²) in [5, 5.41) is 9.45. The molecule has 1 aromatic rings. The van der Waals surface area contributed by atoms with Crippen molar-refractivity contribution < 1.29 is 30.0 Å². The fraction of sp³-hybridized carbons (Fsp3) is 0.471. The van der Waals surface area contributed by atoms with E-state index in [9.17, 15) is 23.9 Å². The first kappa shape index (κ1) is 17.2. The maximum Gasteiger partial charge on any atom is 0.411 e. The summed E-state index contributed by atoms with van der Waals surface area (Å²) in [6.45, 7) is 3.10. The fourth-order valence-corrected chi connectivity index (χ4v) is 2.33. The molecule has 0 saturated carbocycles. The number of piperazine rings is 1. The third-order valence-corrected chi connectivity index (χ3v) is 3.51. The standard InChI is InChI=1S/C17H21FN2O5/c1-17(2,3)25-16(24)20-9-8-19(10-13(20)15(22)23)14(21)11-4-6-12(18)7-5-11/h4-7,13H,8-10H2,1-3H3,(H,22,23)/i8D. The Labute approximate surface area is 146 Å². The number of halogens is 1. The van der Waals surface area contributed by atoms with Crippen LogP contribution in [0.1, 0.15) is 32.5 Å². The molecule has 0 aromatic heterocycles. The minimum atomic E-state index is -1.34. The van der Waals surface area contributed by atoms with Gasteiger partial charge in [0.2, 0.25) is 0 Å². The van der Waals surface area contributed by atoms with Gasteiger partial charge in [0.1, 0.15) is 11.4 Å². The molecule has 136 valence electrons. The molecular formula is C17H21FN2O5. The van der Waals surface area contributed by atoms with Crippen LogP contribution in [0.15, 0.2) is 24.3 Å². The molecule has 2 rings (SSSR count). The molecule has 2 unspecified atom stereocenters. The Morgan fingerprint density at radius 2 is 1.88 bits per heavy atom. The second-order valence-electron chi connectivity index (χ2n) is 6.63. The highest BCUT2D eigenvalue weighted by Gasteiger charge is 2.39. The van der Waals surface area contributed by atoms with Crippen molar-refractivity contribution in [2.75, 3.05) is 19.6 Å². The van der Waals surface area contributed by atoms with Gasteiger partial charge in [0.15, 0.2) is 6.04 Å². The number of aliphatic carboxylic acids is 1. The van der Waals surface area contributed by atoms with Gasteiger partial charge >= 0.3 is 12.1 Å². The van der Waals surface area contributed by atoms with Crippen LogP contribution in [0.25, 0.3) is 0 Å². The summed E-state index contributed by atoms with van der Waals surface area (Å²) < 4.78 is 26.3. The quantitative estimate of drug-likeness (QED) is 0.878. The van der Waals surface area contributed by atoms with E-state index in [1.165, 1.54) is 12.1 Å². The Morgan fingerprint density at radius 3 is 2.40 bits per heavy atom. The predicted molar refractivity (Wildman–Crippen MR) is 86.7 cm³/mol. The molecule has 1 aromatic carbocycles. The van der Waals surface area contributed by atoms with Gasteiger partial charge < -0.3 is 14.7 Å². The van der Waals surface area contributed by atoms with E-state index in [-0.39, 0.29) is 18.7 Å². The van der Waals surface area contributed by atoms with Crippen molar-refractivity contribution in [1.29, 1.82) is 0 Å². The first-order valence-electron chi connectivity index (χ1n) is 8.28. The van der Waals surface area contributed by atoms with Gasteiger partial charge in [-0.1, -0.05) is 0 Å². The van der Waals surface area contributed by atoms with Crippen LogP contribution in [-0.2, 0) is 9.53 Å². The van der Waals surface area contributed by atoms with Gasteiger partial charge in [0, 0.05) is 18.6 Å². The Kier molecular flexibility index (Phi) is 4.87. The molecule has 1 N–H and O–H groups in total. The molecular weight excluding hydrogens is 331 g/mol. The van der Waals surface area contributed by atoms with Crippen molar-refractivity contribution in [3.05, 3.63) is 35.6 Å². The van der Waals surface area contributed by atoms with Crippen molar-refractivity contribution in [2.45, 2.75) is 32.4 Å². The Hall–Kier alpha value is -2.64. The van der Waals surface area contributed by atoms with E-state index in [1.54, 1.807) is 20.8 Å². The van der Waals surface area contributed by atoms with Gasteiger partial charge in [-0.2, -0.15) is 0 Å². The molecule has 1 aliphatic heterocycles. The largest absolute Gasteiger partial charge is 0.480 e. The number of ether oxygens (including phenoxy) is 1. The summed E-state index contributed by atoms with van der Waals surface area (Å²) in [6.07, 6.45) is -0.851. The number of carbonyl (C=O) groups is 3. The molecule has 2 amide bonds. The van der Waals surface area contributed by atoms with Gasteiger partial charge in [-0.15, -0.1) is 0 Å². The minimum absolute atomic E-state index is 0.138. The Morgan fingerprint density at radius 1 is 1.28 bits per heavy atom. The third kappa shape index (κ3) is 4.68. The maximum atomic E-state index is 13.0. The lowest BCUT2D eigenvalue weighted by Gasteiger charge is -2.39. The van der Waals surface area contributed by atoms with Crippen LogP contribution in [0.3, 0.4) is 0 Å². The molecule has 7 nitrogen and oxygen atoms in total. The predicted octanol–water partition coefficient (Wildman–Crippen LogP) is 1.97. The number of hydrogen-bond donors (Lipinski definition) is 1. The molecule has 1 fully saturated rings. The van der Waals surface area contributed by atoms with E-state index in [2.05, 4.69) is 0 Å². The van der Waals surface area contributed by atoms with Gasteiger partial charge in [-0.3, -0.25) is 9.69 Å². The average molecular weight is 353 g/mol. The van der Waals surface area contributed by atoms with Crippen molar-refractivity contribution in [3.8, 4) is 0 Å². The molecule has 0 radical (unpaired) electrons. The first-order valence-corrected chi connectivity index (χ1v) is 7.71. The molecule has 0 spiro atoms. The monoisotopic (exact) mass is 353 g/mol. The van der Waals surface area contributed by atoms with Crippen molar-refractivity contribution in [1.82, 2.24) is 9.80 Å². The zero-order valence-corrected chi connectivity index (χ0v) is 14.2. The summed E-state index contributed by atoms with van der Waals surface area (Å²) >= 11 is 0. The van der Waals surface area contributed by atoms with Crippen LogP contribution in [0.4, 0.5) is 9.18 Å². The van der Waals surface area contributed by atoms with Crippen LogP contribution in [-0.4, -0.2) is 64.1 Å². The summed E-state index contributed by atoms with van der Waals surface area (Å²) in [7, 11) is 0. The van der Waals surface area contributed by atoms with Gasteiger partial charge in [0.05, 0.1) is 7.92 Å². The second-order valence-corrected chi connectivity index (χ2v) is 6.63. The van der Waals surface area contributed by atoms with E-state index in [0.29, 0.717) is 0 Å². The summed E-state index contributed by atoms with van der Waals surface area (Å²) in [5.74, 6) is -2.41. The van der Waals surface area contributed by atoms with E-state index >= 15 is 0 Å². The number of hydrogen-bond acceptors (Lipinski definition) is 4. The van der Waals surface area contributed by atoms with Crippen LogP contribution in [0.5, 0.6) is 0 Å². The fourth-order valence-electron chi connectivity index (χ4n) is 2.33. The summed E-state index contributed by atoms with van der Waals surface area (Å²) in [4.78, 5) is 38.4. The topological polar surface area (TPSA) is 87.2 Å². The molecule has 0 aliphatic carbocycles. The number of nitrogens with zero attached hydrogens (tertiary/aromatic N) is 2. The zero-order valence-electron chi connectivity index (χ0n) is 15.2. The summed E-state index contributed by atoms with van der Waals surface area (Å²) in [5.41, 5.74) is -0.683. The van der Waals surface area contributed by atoms with Gasteiger partial charge in [0.25, 0.3) is 5.91 Å². The van der Waals surface area contributed by atoms with Gasteiger partial charge in [-0.25, -0.2) is 14.0 Å². The average Bonchev–Trinajstić information content (AvgIpc) is 2.52. The highest BCUT2D eigenvalue weighted by Crippen LogP contribution is 2.18. The number of amides is 2. The first-order chi connectivity index (χ1) is 12.0. The molecule has 25 heavy (non-hydrogen) atoms. The molecule has 1 saturated heterocycles. The number of carbonyl (C=O) groups excluding carboxylic acids is 2. The molecule has 1 aliphatic rings. The van der Waals surface area contributed by atoms with Crippen molar-refractivity contribution in [3.63, 3.8) is 0 Å². The van der Waals surface area contributed by atoms with E-state index in [4.69, 9.17) is 6.11 Å². The smallest absolute Gasteiger partial charge is 0.411 e. The molecule has 8 heteroatoms. The summed E-state index contributed by atoms with van der Waals surface area (Å²) in [6, 6.07) is 3.41. The highest BCUT2D eigenvalue weighted by molar-refractivity contribution is 5.95. The lowest BCUT2D eigenvalue weighted by Crippen LogP contribution is -2.60. The molecule has 1 heterocycles. The third-order valence-electron chi connectivity index (χ3n) is 3.51. The Bertz CT molecular complexity index is 704. The Balaban J connectivity index is 2.21. The van der Waals surface area contributed by atoms with Gasteiger partial charge in [-0.05, 0) is 45.0 Å². The lowest BCUT2D eigenvalue weighted by atomic mass is 10.1. The minimum Gasteiger partial charge on any atom is -0.480 e. The SMILES string of the molecule is [2H]C1CN(C(=O)OC(C)(C)C)C(C(=O)O)CN1C(=O)c1ccc(F)cc1. The van der Waals surface area contributed by atoms with E-state index < -0.39 is 42.0 Å². The van der Waals surface area contributed by atoms with E-state index in [1.807, 2.05) is 0 Å².